The molecule has 0 aromatic carbocycles. The second-order valence-electron chi connectivity index (χ2n) is 5.87. The van der Waals surface area contributed by atoms with E-state index in [1.807, 2.05) is 0 Å². The molecule has 1 atom stereocenters. The average Bonchev–Trinajstić information content (AvgIpc) is 2.91. The highest BCUT2D eigenvalue weighted by Crippen LogP contribution is 2.16. The van der Waals surface area contributed by atoms with Crippen LogP contribution in [0.4, 0.5) is 4.79 Å². The largest absolute Gasteiger partial charge is 0.352 e. The molecule has 3 N–H and O–H groups in total. The van der Waals surface area contributed by atoms with E-state index in [9.17, 15) is 14.4 Å². The van der Waals surface area contributed by atoms with Gasteiger partial charge < -0.3 is 16.0 Å². The first-order chi connectivity index (χ1) is 9.40. The van der Waals surface area contributed by atoms with Crippen LogP contribution in [0.5, 0.6) is 0 Å². The zero-order valence-electron chi connectivity index (χ0n) is 12.4. The molecule has 120 valence electrons. The molecular weight excluding hydrogens is 296 g/mol. The van der Waals surface area contributed by atoms with Crippen molar-refractivity contribution in [3.05, 3.63) is 0 Å². The van der Waals surface area contributed by atoms with Crippen molar-refractivity contribution in [3.8, 4) is 0 Å². The fourth-order valence-corrected chi connectivity index (χ4v) is 2.50. The molecule has 7 nitrogen and oxygen atoms in total. The summed E-state index contributed by atoms with van der Waals surface area (Å²) in [5.41, 5.74) is -0.838. The van der Waals surface area contributed by atoms with Gasteiger partial charge >= 0.3 is 6.03 Å². The predicted molar refractivity (Wildman–Crippen MR) is 80.2 cm³/mol. The van der Waals surface area contributed by atoms with Gasteiger partial charge in [0.05, 0.1) is 0 Å². The van der Waals surface area contributed by atoms with Crippen molar-refractivity contribution in [2.24, 2.45) is 0 Å². The zero-order valence-corrected chi connectivity index (χ0v) is 13.2. The first-order valence-corrected chi connectivity index (χ1v) is 7.04. The first kappa shape index (κ1) is 17.7. The lowest BCUT2D eigenvalue weighted by molar-refractivity contribution is -0.130. The molecular formula is C13H23ClN4O3. The van der Waals surface area contributed by atoms with Gasteiger partial charge in [-0.2, -0.15) is 0 Å². The highest BCUT2D eigenvalue weighted by molar-refractivity contribution is 6.06. The Balaban J connectivity index is 0.00000220. The van der Waals surface area contributed by atoms with Gasteiger partial charge in [-0.15, -0.1) is 12.4 Å². The Hall–Kier alpha value is -1.34. The third kappa shape index (κ3) is 4.31. The minimum absolute atomic E-state index is 0. The van der Waals surface area contributed by atoms with Gasteiger partial charge in [0.25, 0.3) is 5.91 Å². The average molecular weight is 319 g/mol. The lowest BCUT2D eigenvalue weighted by atomic mass is 10.1. The van der Waals surface area contributed by atoms with Gasteiger partial charge in [0.1, 0.15) is 5.54 Å². The Kier molecular flexibility index (Phi) is 5.98. The second-order valence-corrected chi connectivity index (χ2v) is 5.87. The van der Waals surface area contributed by atoms with Crippen LogP contribution in [0.15, 0.2) is 0 Å². The van der Waals surface area contributed by atoms with E-state index in [-0.39, 0.29) is 42.8 Å². The predicted octanol–water partition coefficient (Wildman–Crippen LogP) is -0.00310. The minimum atomic E-state index is -0.838. The van der Waals surface area contributed by atoms with Crippen LogP contribution in [0.1, 0.15) is 33.1 Å². The van der Waals surface area contributed by atoms with Gasteiger partial charge in [0, 0.05) is 25.6 Å². The van der Waals surface area contributed by atoms with Crippen molar-refractivity contribution < 1.29 is 14.4 Å². The highest BCUT2D eigenvalue weighted by atomic mass is 35.5. The molecule has 0 aromatic heterocycles. The van der Waals surface area contributed by atoms with Crippen molar-refractivity contribution in [2.45, 2.75) is 44.7 Å². The summed E-state index contributed by atoms with van der Waals surface area (Å²) in [6.07, 6.45) is 1.77. The Morgan fingerprint density at radius 1 is 1.43 bits per heavy atom. The number of carbonyl (C=O) groups is 3. The van der Waals surface area contributed by atoms with Gasteiger partial charge in [-0.1, -0.05) is 0 Å². The molecule has 0 spiro atoms. The number of halogens is 1. The molecule has 4 amide bonds. The summed E-state index contributed by atoms with van der Waals surface area (Å²) >= 11 is 0. The Labute approximate surface area is 130 Å². The molecule has 0 radical (unpaired) electrons. The number of urea groups is 1. The van der Waals surface area contributed by atoms with E-state index in [1.54, 1.807) is 13.8 Å². The monoisotopic (exact) mass is 318 g/mol. The fourth-order valence-electron chi connectivity index (χ4n) is 2.50. The molecule has 2 rings (SSSR count). The van der Waals surface area contributed by atoms with E-state index in [4.69, 9.17) is 0 Å². The third-order valence-corrected chi connectivity index (χ3v) is 3.66. The standard InChI is InChI=1S/C13H22N4O3.ClH/c1-13(2)11(19)17(12(20)16-13)7-3-4-10(18)15-9-5-6-14-8-9;/h9,14H,3-8H2,1-2H3,(H,15,18)(H,16,20);1H. The molecule has 0 aliphatic carbocycles. The summed E-state index contributed by atoms with van der Waals surface area (Å²) in [5.74, 6) is -0.257. The summed E-state index contributed by atoms with van der Waals surface area (Å²) in [7, 11) is 0. The fraction of sp³-hybridized carbons (Fsp3) is 0.769. The molecule has 2 heterocycles. The van der Waals surface area contributed by atoms with Crippen molar-refractivity contribution in [1.82, 2.24) is 20.9 Å². The normalized spacial score (nSPS) is 23.7. The van der Waals surface area contributed by atoms with Crippen LogP contribution in [-0.2, 0) is 9.59 Å². The van der Waals surface area contributed by atoms with Crippen LogP contribution < -0.4 is 16.0 Å². The molecule has 2 aliphatic rings. The van der Waals surface area contributed by atoms with Crippen LogP contribution in [0.3, 0.4) is 0 Å². The third-order valence-electron chi connectivity index (χ3n) is 3.66. The molecule has 2 fully saturated rings. The molecule has 2 saturated heterocycles. The zero-order chi connectivity index (χ0) is 14.8. The molecule has 2 aliphatic heterocycles. The number of carbonyl (C=O) groups excluding carboxylic acids is 3. The van der Waals surface area contributed by atoms with E-state index in [0.717, 1.165) is 19.5 Å². The van der Waals surface area contributed by atoms with E-state index >= 15 is 0 Å². The van der Waals surface area contributed by atoms with Gasteiger partial charge in [0.2, 0.25) is 5.91 Å². The van der Waals surface area contributed by atoms with Crippen molar-refractivity contribution in [2.75, 3.05) is 19.6 Å². The van der Waals surface area contributed by atoms with Crippen molar-refractivity contribution in [3.63, 3.8) is 0 Å². The second kappa shape index (κ2) is 7.09. The number of amides is 4. The smallest absolute Gasteiger partial charge is 0.325 e. The lowest BCUT2D eigenvalue weighted by Crippen LogP contribution is -2.40. The van der Waals surface area contributed by atoms with Crippen LogP contribution in [0.25, 0.3) is 0 Å². The summed E-state index contributed by atoms with van der Waals surface area (Å²) in [5, 5.41) is 8.73. The number of hydrogen-bond acceptors (Lipinski definition) is 4. The van der Waals surface area contributed by atoms with Crippen molar-refractivity contribution >= 4 is 30.3 Å². The van der Waals surface area contributed by atoms with Gasteiger partial charge in [-0.25, -0.2) is 4.79 Å². The molecule has 1 unspecified atom stereocenters. The number of imide groups is 1. The van der Waals surface area contributed by atoms with Crippen LogP contribution in [0.2, 0.25) is 0 Å². The summed E-state index contributed by atoms with van der Waals surface area (Å²) in [4.78, 5) is 36.5. The Bertz CT molecular complexity index is 422. The quantitative estimate of drug-likeness (QED) is 0.622. The SMILES string of the molecule is CC1(C)NC(=O)N(CCCC(=O)NC2CCNC2)C1=O.Cl. The molecule has 0 saturated carbocycles. The summed E-state index contributed by atoms with van der Waals surface area (Å²) in [6.45, 7) is 5.37. The maximum absolute atomic E-state index is 11.9. The maximum Gasteiger partial charge on any atom is 0.325 e. The number of nitrogens with one attached hydrogen (secondary N) is 3. The van der Waals surface area contributed by atoms with Gasteiger partial charge in [0.15, 0.2) is 0 Å². The Morgan fingerprint density at radius 3 is 2.67 bits per heavy atom. The van der Waals surface area contributed by atoms with E-state index in [2.05, 4.69) is 16.0 Å². The number of hydrogen-bond donors (Lipinski definition) is 3. The Morgan fingerprint density at radius 2 is 2.14 bits per heavy atom. The van der Waals surface area contributed by atoms with Crippen LogP contribution >= 0.6 is 12.4 Å². The first-order valence-electron chi connectivity index (χ1n) is 7.04. The number of nitrogens with zero attached hydrogens (tertiary/aromatic N) is 1. The van der Waals surface area contributed by atoms with Gasteiger partial charge in [-0.3, -0.25) is 14.5 Å². The van der Waals surface area contributed by atoms with E-state index < -0.39 is 5.54 Å². The molecule has 0 aromatic rings. The number of rotatable bonds is 5. The summed E-state index contributed by atoms with van der Waals surface area (Å²) in [6, 6.07) is -0.168. The maximum atomic E-state index is 11.9. The van der Waals surface area contributed by atoms with E-state index in [1.165, 1.54) is 4.90 Å². The van der Waals surface area contributed by atoms with E-state index in [0.29, 0.717) is 12.8 Å². The topological polar surface area (TPSA) is 90.5 Å². The van der Waals surface area contributed by atoms with Crippen molar-refractivity contribution in [1.29, 1.82) is 0 Å². The minimum Gasteiger partial charge on any atom is -0.352 e. The van der Waals surface area contributed by atoms with Gasteiger partial charge in [-0.05, 0) is 33.2 Å². The molecule has 0 bridgehead atoms. The molecule has 21 heavy (non-hydrogen) atoms. The lowest BCUT2D eigenvalue weighted by Gasteiger charge is -2.16. The van der Waals surface area contributed by atoms with Crippen LogP contribution in [-0.4, -0.2) is 54.0 Å². The summed E-state index contributed by atoms with van der Waals surface area (Å²) < 4.78 is 0. The molecule has 8 heteroatoms. The van der Waals surface area contributed by atoms with Crippen LogP contribution in [0, 0.1) is 0 Å². The highest BCUT2D eigenvalue weighted by Gasteiger charge is 2.43.